The molecule has 0 aliphatic heterocycles. The number of unbranched alkanes of at least 4 members (excludes halogenated alkanes) is 3. The fourth-order valence-corrected chi connectivity index (χ4v) is 4.02. The lowest BCUT2D eigenvalue weighted by Crippen LogP contribution is -2.30. The van der Waals surface area contributed by atoms with E-state index in [2.05, 4.69) is 49.9 Å². The molecule has 1 amide bonds. The summed E-state index contributed by atoms with van der Waals surface area (Å²) in [4.78, 5) is 32.1. The highest BCUT2D eigenvalue weighted by Gasteiger charge is 2.07. The molecule has 0 aliphatic rings. The van der Waals surface area contributed by atoms with Gasteiger partial charge in [-0.1, -0.05) is 30.0 Å². The Morgan fingerprint density at radius 3 is 2.32 bits per heavy atom. The summed E-state index contributed by atoms with van der Waals surface area (Å²) < 4.78 is 11.0. The van der Waals surface area contributed by atoms with Gasteiger partial charge in [-0.2, -0.15) is 5.48 Å². The first kappa shape index (κ1) is 32.4. The van der Waals surface area contributed by atoms with Crippen molar-refractivity contribution in [3.63, 3.8) is 0 Å². The van der Waals surface area contributed by atoms with Crippen molar-refractivity contribution in [2.24, 2.45) is 0 Å². The normalized spacial score (nSPS) is 11.0. The van der Waals surface area contributed by atoms with E-state index < -0.39 is 0 Å². The van der Waals surface area contributed by atoms with E-state index in [0.717, 1.165) is 66.5 Å². The number of alkyl halides is 1. The first-order valence-electron chi connectivity index (χ1n) is 14.0. The standard InChI is InChI=1S/C30H42ClN5O5/c1-36(2)26-11-7-24(8-12-26)28-23-33-30(35-28)25-9-13-27(14-10-25)40-41-34-17-15-29(37)32-18-20-39-22-21-38-19-6-4-3-5-16-31/h7-14,23,34H,3-6,15-22H2,1-2H3,(H,32,37)(H,33,35). The number of anilines is 1. The second-order valence-corrected chi connectivity index (χ2v) is 9.98. The highest BCUT2D eigenvalue weighted by Crippen LogP contribution is 2.25. The van der Waals surface area contributed by atoms with Crippen LogP contribution in [0.25, 0.3) is 22.6 Å². The Bertz CT molecular complexity index is 1130. The van der Waals surface area contributed by atoms with E-state index in [1.807, 2.05) is 32.4 Å². The summed E-state index contributed by atoms with van der Waals surface area (Å²) in [7, 11) is 4.03. The maximum atomic E-state index is 11.9. The number of H-pyrrole nitrogens is 1. The van der Waals surface area contributed by atoms with E-state index in [-0.39, 0.29) is 12.3 Å². The summed E-state index contributed by atoms with van der Waals surface area (Å²) >= 11 is 5.65. The number of hydrogen-bond acceptors (Lipinski definition) is 8. The lowest BCUT2D eigenvalue weighted by Gasteiger charge is -2.12. The number of halogens is 1. The molecular formula is C30H42ClN5O5. The number of nitrogens with one attached hydrogen (secondary N) is 3. The molecule has 41 heavy (non-hydrogen) atoms. The minimum Gasteiger partial charge on any atom is -0.379 e. The van der Waals surface area contributed by atoms with Gasteiger partial charge in [-0.05, 0) is 54.8 Å². The summed E-state index contributed by atoms with van der Waals surface area (Å²) in [5, 5.41) is 2.80. The number of aromatic nitrogens is 2. The minimum atomic E-state index is -0.103. The van der Waals surface area contributed by atoms with E-state index >= 15 is 0 Å². The van der Waals surface area contributed by atoms with Gasteiger partial charge in [0.15, 0.2) is 5.75 Å². The molecule has 1 aromatic heterocycles. The first-order chi connectivity index (χ1) is 20.1. The average molecular weight is 588 g/mol. The quantitative estimate of drug-likeness (QED) is 0.0694. The Balaban J connectivity index is 1.21. The second-order valence-electron chi connectivity index (χ2n) is 9.60. The number of aromatic amines is 1. The SMILES string of the molecule is CN(C)c1ccc(-c2cnc(-c3ccc(OONCCC(=O)NCCOCCOCCCCCCCl)cc3)[nH]2)cc1. The fourth-order valence-electron chi connectivity index (χ4n) is 3.83. The van der Waals surface area contributed by atoms with Crippen LogP contribution in [0.3, 0.4) is 0 Å². The van der Waals surface area contributed by atoms with E-state index in [0.29, 0.717) is 38.7 Å². The predicted octanol–water partition coefficient (Wildman–Crippen LogP) is 4.96. The van der Waals surface area contributed by atoms with Crippen LogP contribution < -0.4 is 20.6 Å². The number of carbonyl (C=O) groups excluding carboxylic acids is 1. The molecule has 3 aromatic rings. The molecule has 2 aromatic carbocycles. The van der Waals surface area contributed by atoms with Gasteiger partial charge in [0.1, 0.15) is 5.82 Å². The van der Waals surface area contributed by atoms with Gasteiger partial charge in [-0.25, -0.2) is 4.98 Å². The number of imidazole rings is 1. The van der Waals surface area contributed by atoms with Gasteiger partial charge in [-0.15, -0.1) is 11.6 Å². The molecule has 0 unspecified atom stereocenters. The highest BCUT2D eigenvalue weighted by molar-refractivity contribution is 6.17. The number of carbonyl (C=O) groups is 1. The summed E-state index contributed by atoms with van der Waals surface area (Å²) in [6.07, 6.45) is 6.46. The molecule has 10 nitrogen and oxygen atoms in total. The summed E-state index contributed by atoms with van der Waals surface area (Å²) in [5.41, 5.74) is 6.70. The number of hydrogen-bond donors (Lipinski definition) is 3. The van der Waals surface area contributed by atoms with E-state index in [1.165, 1.54) is 0 Å². The number of nitrogens with zero attached hydrogens (tertiary/aromatic N) is 2. The molecule has 1 heterocycles. The molecule has 3 N–H and O–H groups in total. The largest absolute Gasteiger partial charge is 0.379 e. The number of rotatable bonds is 21. The van der Waals surface area contributed by atoms with Gasteiger partial charge >= 0.3 is 0 Å². The second kappa shape index (κ2) is 19.1. The van der Waals surface area contributed by atoms with Crippen LogP contribution in [0.5, 0.6) is 5.75 Å². The summed E-state index contributed by atoms with van der Waals surface area (Å²) in [6, 6.07) is 15.6. The van der Waals surface area contributed by atoms with E-state index in [1.54, 1.807) is 12.1 Å². The smallest absolute Gasteiger partial charge is 0.221 e. The fraction of sp³-hybridized carbons (Fsp3) is 0.467. The molecule has 0 saturated heterocycles. The molecule has 224 valence electrons. The van der Waals surface area contributed by atoms with Crippen molar-refractivity contribution in [1.82, 2.24) is 20.8 Å². The Morgan fingerprint density at radius 2 is 1.59 bits per heavy atom. The van der Waals surface area contributed by atoms with Gasteiger partial charge in [-0.3, -0.25) is 4.79 Å². The highest BCUT2D eigenvalue weighted by atomic mass is 35.5. The molecule has 0 radical (unpaired) electrons. The monoisotopic (exact) mass is 587 g/mol. The van der Waals surface area contributed by atoms with E-state index in [9.17, 15) is 4.79 Å². The topological polar surface area (TPSA) is 110 Å². The average Bonchev–Trinajstić information content (AvgIpc) is 3.48. The Kier molecular flexibility index (Phi) is 15.0. The minimum absolute atomic E-state index is 0.103. The predicted molar refractivity (Wildman–Crippen MR) is 162 cm³/mol. The third-order valence-corrected chi connectivity index (χ3v) is 6.43. The van der Waals surface area contributed by atoms with Crippen molar-refractivity contribution in [2.45, 2.75) is 32.1 Å². The van der Waals surface area contributed by atoms with Crippen molar-refractivity contribution in [2.75, 3.05) is 64.4 Å². The van der Waals surface area contributed by atoms with Crippen molar-refractivity contribution in [3.8, 4) is 28.4 Å². The van der Waals surface area contributed by atoms with Crippen LogP contribution in [-0.2, 0) is 19.3 Å². The van der Waals surface area contributed by atoms with Gasteiger partial charge < -0.3 is 29.6 Å². The Labute approximate surface area is 247 Å². The number of ether oxygens (including phenoxy) is 2. The van der Waals surface area contributed by atoms with Crippen LogP contribution in [0.2, 0.25) is 0 Å². The van der Waals surface area contributed by atoms with Crippen LogP contribution in [0, 0.1) is 0 Å². The van der Waals surface area contributed by atoms with Crippen LogP contribution in [0.1, 0.15) is 32.1 Å². The Hall–Kier alpha value is -3.15. The van der Waals surface area contributed by atoms with Gasteiger partial charge in [0.05, 0.1) is 31.7 Å². The molecule has 0 spiro atoms. The van der Waals surface area contributed by atoms with Crippen molar-refractivity contribution < 1.29 is 24.1 Å². The van der Waals surface area contributed by atoms with Crippen molar-refractivity contribution in [3.05, 3.63) is 54.7 Å². The summed E-state index contributed by atoms with van der Waals surface area (Å²) in [5.74, 6) is 1.90. The molecule has 0 saturated carbocycles. The maximum absolute atomic E-state index is 11.9. The van der Waals surface area contributed by atoms with Crippen molar-refractivity contribution >= 4 is 23.2 Å². The Morgan fingerprint density at radius 1 is 0.878 bits per heavy atom. The molecule has 0 bridgehead atoms. The molecule has 0 fully saturated rings. The molecular weight excluding hydrogens is 546 g/mol. The third-order valence-electron chi connectivity index (χ3n) is 6.16. The van der Waals surface area contributed by atoms with Gasteiger partial charge in [0, 0.05) is 57.3 Å². The zero-order valence-corrected chi connectivity index (χ0v) is 24.8. The molecule has 0 atom stereocenters. The molecule has 0 aliphatic carbocycles. The molecule has 11 heteroatoms. The van der Waals surface area contributed by atoms with Crippen LogP contribution >= 0.6 is 11.6 Å². The zero-order chi connectivity index (χ0) is 29.1. The van der Waals surface area contributed by atoms with Crippen LogP contribution in [0.15, 0.2) is 54.7 Å². The van der Waals surface area contributed by atoms with Gasteiger partial charge in [0.2, 0.25) is 5.91 Å². The zero-order valence-electron chi connectivity index (χ0n) is 24.0. The van der Waals surface area contributed by atoms with E-state index in [4.69, 9.17) is 31.0 Å². The van der Waals surface area contributed by atoms with Crippen LogP contribution in [0.4, 0.5) is 5.69 Å². The van der Waals surface area contributed by atoms with Crippen LogP contribution in [-0.4, -0.2) is 75.4 Å². The third kappa shape index (κ3) is 12.5. The number of amides is 1. The maximum Gasteiger partial charge on any atom is 0.221 e. The summed E-state index contributed by atoms with van der Waals surface area (Å²) in [6.45, 7) is 3.00. The van der Waals surface area contributed by atoms with Gasteiger partial charge in [0.25, 0.3) is 0 Å². The number of benzene rings is 2. The lowest BCUT2D eigenvalue weighted by atomic mass is 10.1. The molecule has 3 rings (SSSR count). The first-order valence-corrected chi connectivity index (χ1v) is 14.6. The lowest BCUT2D eigenvalue weighted by molar-refractivity contribution is -0.257. The number of hydroxylamine groups is 1. The van der Waals surface area contributed by atoms with Crippen molar-refractivity contribution in [1.29, 1.82) is 0 Å².